The normalized spacial score (nSPS) is 11.2. The maximum absolute atomic E-state index is 13.1. The Morgan fingerprint density at radius 3 is 2.19 bits per heavy atom. The number of fused-ring (bicyclic) bond motifs is 1. The molecule has 0 aliphatic carbocycles. The van der Waals surface area contributed by atoms with Crippen molar-refractivity contribution in [1.82, 2.24) is 9.78 Å². The molecule has 4 heteroatoms. The molecule has 4 nitrogen and oxygen atoms in total. The van der Waals surface area contributed by atoms with Gasteiger partial charge in [0.2, 0.25) is 0 Å². The smallest absolute Gasteiger partial charge is 0.275 e. The Balaban J connectivity index is 1.77. The van der Waals surface area contributed by atoms with E-state index >= 15 is 0 Å². The highest BCUT2D eigenvalue weighted by Gasteiger charge is 2.15. The van der Waals surface area contributed by atoms with Crippen molar-refractivity contribution in [3.8, 4) is 11.3 Å². The van der Waals surface area contributed by atoms with Gasteiger partial charge >= 0.3 is 0 Å². The maximum atomic E-state index is 13.1. The number of aryl methyl sites for hydroxylation is 1. The van der Waals surface area contributed by atoms with Crippen LogP contribution < -0.4 is 5.56 Å². The Labute approximate surface area is 182 Å². The van der Waals surface area contributed by atoms with Gasteiger partial charge < -0.3 is 0 Å². The topological polar surface area (TPSA) is 52.0 Å². The summed E-state index contributed by atoms with van der Waals surface area (Å²) in [4.78, 5) is 25.9. The van der Waals surface area contributed by atoms with Gasteiger partial charge in [0.15, 0.2) is 5.78 Å². The molecule has 1 aromatic heterocycles. The van der Waals surface area contributed by atoms with Crippen LogP contribution in [0.25, 0.3) is 22.0 Å². The van der Waals surface area contributed by atoms with Gasteiger partial charge in [-0.05, 0) is 30.9 Å². The van der Waals surface area contributed by atoms with E-state index in [0.29, 0.717) is 22.6 Å². The SMILES string of the molecule is Cc1ccc(C(=O)Cn2nc(-c3ccc(CC(C)C)cc3)c3ccccc3c2=O)cc1. The Hall–Kier alpha value is -3.53. The highest BCUT2D eigenvalue weighted by Crippen LogP contribution is 2.25. The quantitative estimate of drug-likeness (QED) is 0.397. The lowest BCUT2D eigenvalue weighted by Crippen LogP contribution is -2.27. The van der Waals surface area contributed by atoms with Crippen LogP contribution in [-0.2, 0) is 13.0 Å². The molecule has 156 valence electrons. The zero-order valence-corrected chi connectivity index (χ0v) is 18.1. The molecule has 0 aliphatic rings. The van der Waals surface area contributed by atoms with E-state index in [-0.39, 0.29) is 17.9 Å². The summed E-state index contributed by atoms with van der Waals surface area (Å²) < 4.78 is 1.29. The molecule has 0 unspecified atom stereocenters. The third-order valence-corrected chi connectivity index (χ3v) is 5.41. The van der Waals surface area contributed by atoms with Crippen molar-refractivity contribution in [2.75, 3.05) is 0 Å². The fourth-order valence-corrected chi connectivity index (χ4v) is 3.79. The molecular formula is C27H26N2O2. The molecule has 4 rings (SSSR count). The second kappa shape index (κ2) is 8.68. The molecule has 0 amide bonds. The van der Waals surface area contributed by atoms with Crippen LogP contribution in [0.5, 0.6) is 0 Å². The first kappa shape index (κ1) is 20.7. The van der Waals surface area contributed by atoms with Gasteiger partial charge in [-0.3, -0.25) is 9.59 Å². The molecule has 4 aromatic rings. The third kappa shape index (κ3) is 4.48. The predicted molar refractivity (Wildman–Crippen MR) is 125 cm³/mol. The van der Waals surface area contributed by atoms with E-state index in [1.165, 1.54) is 10.2 Å². The number of ketones is 1. The molecular weight excluding hydrogens is 384 g/mol. The highest BCUT2D eigenvalue weighted by molar-refractivity contribution is 5.97. The average molecular weight is 411 g/mol. The highest BCUT2D eigenvalue weighted by atomic mass is 16.1. The van der Waals surface area contributed by atoms with Crippen LogP contribution in [0.1, 0.15) is 35.3 Å². The number of benzene rings is 3. The lowest BCUT2D eigenvalue weighted by atomic mass is 9.99. The molecule has 0 radical (unpaired) electrons. The lowest BCUT2D eigenvalue weighted by Gasteiger charge is -2.12. The molecule has 3 aromatic carbocycles. The predicted octanol–water partition coefficient (Wildman–Crippen LogP) is 5.45. The molecule has 1 heterocycles. The van der Waals surface area contributed by atoms with Crippen LogP contribution in [0.3, 0.4) is 0 Å². The number of carbonyl (C=O) groups is 1. The van der Waals surface area contributed by atoms with Crippen molar-refractivity contribution in [1.29, 1.82) is 0 Å². The van der Waals surface area contributed by atoms with Crippen LogP contribution in [-0.4, -0.2) is 15.6 Å². The summed E-state index contributed by atoms with van der Waals surface area (Å²) in [5, 5.41) is 5.99. The fourth-order valence-electron chi connectivity index (χ4n) is 3.79. The van der Waals surface area contributed by atoms with Gasteiger partial charge in [0.25, 0.3) is 5.56 Å². The molecule has 0 saturated carbocycles. The number of rotatable bonds is 6. The van der Waals surface area contributed by atoms with Crippen molar-refractivity contribution in [3.05, 3.63) is 99.8 Å². The molecule has 0 fully saturated rings. The minimum atomic E-state index is -0.253. The number of carbonyl (C=O) groups excluding carboxylic acids is 1. The maximum Gasteiger partial charge on any atom is 0.275 e. The van der Waals surface area contributed by atoms with E-state index in [0.717, 1.165) is 22.9 Å². The van der Waals surface area contributed by atoms with Crippen LogP contribution in [0.2, 0.25) is 0 Å². The van der Waals surface area contributed by atoms with Gasteiger partial charge in [-0.25, -0.2) is 4.68 Å². The molecule has 0 bridgehead atoms. The molecule has 0 N–H and O–H groups in total. The summed E-state index contributed by atoms with van der Waals surface area (Å²) in [6, 6.07) is 23.1. The summed E-state index contributed by atoms with van der Waals surface area (Å²) >= 11 is 0. The Morgan fingerprint density at radius 1 is 0.903 bits per heavy atom. The van der Waals surface area contributed by atoms with Crippen LogP contribution >= 0.6 is 0 Å². The first-order valence-corrected chi connectivity index (χ1v) is 10.6. The summed E-state index contributed by atoms with van der Waals surface area (Å²) in [5.74, 6) is 0.447. The van der Waals surface area contributed by atoms with E-state index < -0.39 is 0 Å². The lowest BCUT2D eigenvalue weighted by molar-refractivity contribution is 0.0966. The van der Waals surface area contributed by atoms with E-state index in [4.69, 9.17) is 0 Å². The van der Waals surface area contributed by atoms with Gasteiger partial charge in [0.1, 0.15) is 6.54 Å². The average Bonchev–Trinajstić information content (AvgIpc) is 2.76. The Morgan fingerprint density at radius 2 is 1.55 bits per heavy atom. The summed E-state index contributed by atoms with van der Waals surface area (Å²) in [6.07, 6.45) is 1.01. The summed E-state index contributed by atoms with van der Waals surface area (Å²) in [5.41, 5.74) is 4.32. The second-order valence-electron chi connectivity index (χ2n) is 8.44. The van der Waals surface area contributed by atoms with Crippen molar-refractivity contribution in [3.63, 3.8) is 0 Å². The number of hydrogen-bond donors (Lipinski definition) is 0. The first-order valence-electron chi connectivity index (χ1n) is 10.6. The van der Waals surface area contributed by atoms with Crippen LogP contribution in [0.15, 0.2) is 77.6 Å². The Bertz CT molecular complexity index is 1280. The molecule has 0 aliphatic heterocycles. The first-order chi connectivity index (χ1) is 14.9. The zero-order chi connectivity index (χ0) is 22.0. The summed E-state index contributed by atoms with van der Waals surface area (Å²) in [6.45, 7) is 6.28. The van der Waals surface area contributed by atoms with E-state index in [9.17, 15) is 9.59 Å². The van der Waals surface area contributed by atoms with Gasteiger partial charge in [-0.15, -0.1) is 0 Å². The number of aromatic nitrogens is 2. The third-order valence-electron chi connectivity index (χ3n) is 5.41. The van der Waals surface area contributed by atoms with E-state index in [1.807, 2.05) is 49.4 Å². The van der Waals surface area contributed by atoms with Gasteiger partial charge in [0, 0.05) is 16.5 Å². The Kier molecular flexibility index (Phi) is 5.81. The van der Waals surface area contributed by atoms with E-state index in [2.05, 4.69) is 31.1 Å². The number of hydrogen-bond acceptors (Lipinski definition) is 3. The molecule has 0 saturated heterocycles. The van der Waals surface area contributed by atoms with Crippen LogP contribution in [0, 0.1) is 12.8 Å². The molecule has 0 atom stereocenters. The summed E-state index contributed by atoms with van der Waals surface area (Å²) in [7, 11) is 0. The number of nitrogens with zero attached hydrogens (tertiary/aromatic N) is 2. The molecule has 31 heavy (non-hydrogen) atoms. The van der Waals surface area contributed by atoms with Gasteiger partial charge in [-0.2, -0.15) is 5.10 Å². The van der Waals surface area contributed by atoms with Crippen molar-refractivity contribution in [2.24, 2.45) is 5.92 Å². The largest absolute Gasteiger partial charge is 0.292 e. The monoisotopic (exact) mass is 410 g/mol. The standard InChI is InChI=1S/C27H26N2O2/c1-18(2)16-20-10-14-22(15-11-20)26-23-6-4-5-7-24(23)27(31)29(28-26)17-25(30)21-12-8-19(3)9-13-21/h4-15,18H,16-17H2,1-3H3. The zero-order valence-electron chi connectivity index (χ0n) is 18.1. The fraction of sp³-hybridized carbons (Fsp3) is 0.222. The van der Waals surface area contributed by atoms with E-state index in [1.54, 1.807) is 18.2 Å². The van der Waals surface area contributed by atoms with Crippen molar-refractivity contribution in [2.45, 2.75) is 33.7 Å². The number of Topliss-reactive ketones (excluding diaryl/α,β-unsaturated/α-hetero) is 1. The van der Waals surface area contributed by atoms with Crippen molar-refractivity contribution < 1.29 is 4.79 Å². The van der Waals surface area contributed by atoms with Crippen molar-refractivity contribution >= 4 is 16.6 Å². The van der Waals surface area contributed by atoms with Crippen LogP contribution in [0.4, 0.5) is 0 Å². The van der Waals surface area contributed by atoms with Gasteiger partial charge in [-0.1, -0.05) is 86.1 Å². The minimum Gasteiger partial charge on any atom is -0.292 e. The minimum absolute atomic E-state index is 0.0921. The van der Waals surface area contributed by atoms with Gasteiger partial charge in [0.05, 0.1) is 11.1 Å². The second-order valence-corrected chi connectivity index (χ2v) is 8.44. The molecule has 0 spiro atoms.